The number of halogens is 4. The van der Waals surface area contributed by atoms with Gasteiger partial charge in [0.2, 0.25) is 0 Å². The summed E-state index contributed by atoms with van der Waals surface area (Å²) in [5, 5.41) is 5.27. The molecule has 1 aromatic carbocycles. The van der Waals surface area contributed by atoms with Crippen LogP contribution in [-0.2, 0) is 12.7 Å². The molecule has 1 unspecified atom stereocenters. The molecule has 1 atom stereocenters. The van der Waals surface area contributed by atoms with Crippen LogP contribution in [0, 0.1) is 0 Å². The third-order valence-electron chi connectivity index (χ3n) is 4.46. The smallest absolute Gasteiger partial charge is 0.335 e. The maximum Gasteiger partial charge on any atom is 0.416 e. The van der Waals surface area contributed by atoms with Crippen LogP contribution in [0.4, 0.5) is 13.2 Å². The Balaban J connectivity index is 2.20. The summed E-state index contributed by atoms with van der Waals surface area (Å²) in [5.74, 6) is 1.82. The predicted octanol–water partition coefficient (Wildman–Crippen LogP) is 5.09. The van der Waals surface area contributed by atoms with E-state index in [1.54, 1.807) is 17.8 Å². The number of nitrogens with zero attached hydrogens (tertiary/aromatic N) is 1. The van der Waals surface area contributed by atoms with E-state index in [0.29, 0.717) is 23.9 Å². The molecule has 0 radical (unpaired) electrons. The van der Waals surface area contributed by atoms with Gasteiger partial charge in [-0.15, -0.1) is 23.4 Å². The minimum Gasteiger partial charge on any atom is -0.335 e. The maximum atomic E-state index is 13.1. The standard InChI is InChI=1S/C17H20ClF3N2S/c1-22-10-11-5-8-24-16-15(11)13-4-3-12(17(19,20)21)9-14(13)23(16)7-2-6-18/h3-4,9,11,22H,2,5-8,10H2,1H3. The number of hydrogen-bond donors (Lipinski definition) is 1. The average molecular weight is 377 g/mol. The van der Waals surface area contributed by atoms with Crippen molar-refractivity contribution in [1.82, 2.24) is 9.88 Å². The minimum atomic E-state index is -4.33. The van der Waals surface area contributed by atoms with E-state index in [-0.39, 0.29) is 0 Å². The highest BCUT2D eigenvalue weighted by molar-refractivity contribution is 7.99. The molecule has 132 valence electrons. The highest BCUT2D eigenvalue weighted by Crippen LogP contribution is 2.45. The zero-order valence-corrected chi connectivity index (χ0v) is 15.0. The van der Waals surface area contributed by atoms with Crippen LogP contribution in [0.1, 0.15) is 29.9 Å². The summed E-state index contributed by atoms with van der Waals surface area (Å²) in [5.41, 5.74) is 1.28. The average Bonchev–Trinajstić information content (AvgIpc) is 2.86. The molecule has 0 saturated heterocycles. The van der Waals surface area contributed by atoms with Crippen molar-refractivity contribution < 1.29 is 13.2 Å². The van der Waals surface area contributed by atoms with E-state index in [9.17, 15) is 13.2 Å². The van der Waals surface area contributed by atoms with E-state index in [1.807, 2.05) is 11.6 Å². The van der Waals surface area contributed by atoms with Gasteiger partial charge in [-0.2, -0.15) is 13.2 Å². The predicted molar refractivity (Wildman–Crippen MR) is 94.3 cm³/mol. The van der Waals surface area contributed by atoms with Crippen LogP contribution in [0.2, 0.25) is 0 Å². The lowest BCUT2D eigenvalue weighted by atomic mass is 9.95. The molecule has 2 nitrogen and oxygen atoms in total. The number of nitrogens with one attached hydrogen (secondary N) is 1. The Hall–Kier alpha value is -0.850. The molecule has 2 aromatic rings. The van der Waals surface area contributed by atoms with Gasteiger partial charge < -0.3 is 9.88 Å². The molecule has 0 amide bonds. The number of alkyl halides is 4. The number of thioether (sulfide) groups is 1. The minimum absolute atomic E-state index is 0.336. The van der Waals surface area contributed by atoms with Crippen molar-refractivity contribution in [3.05, 3.63) is 29.3 Å². The molecule has 2 heterocycles. The summed E-state index contributed by atoms with van der Waals surface area (Å²) < 4.78 is 41.4. The van der Waals surface area contributed by atoms with Gasteiger partial charge in [0.15, 0.2) is 0 Å². The van der Waals surface area contributed by atoms with Crippen LogP contribution in [0.25, 0.3) is 10.9 Å². The van der Waals surface area contributed by atoms with Crippen molar-refractivity contribution in [2.24, 2.45) is 0 Å². The Bertz CT molecular complexity index is 727. The zero-order chi connectivity index (χ0) is 17.3. The summed E-state index contributed by atoms with van der Waals surface area (Å²) in [6, 6.07) is 4.13. The lowest BCUT2D eigenvalue weighted by molar-refractivity contribution is -0.137. The summed E-state index contributed by atoms with van der Waals surface area (Å²) in [7, 11) is 1.91. The van der Waals surface area contributed by atoms with Crippen molar-refractivity contribution in [3.63, 3.8) is 0 Å². The van der Waals surface area contributed by atoms with E-state index in [4.69, 9.17) is 11.6 Å². The van der Waals surface area contributed by atoms with Gasteiger partial charge in [-0.25, -0.2) is 0 Å². The van der Waals surface area contributed by atoms with Crippen molar-refractivity contribution >= 4 is 34.3 Å². The number of likely N-dealkylation sites (N-methyl/N-ethyl adjacent to an activating group) is 1. The fourth-order valence-electron chi connectivity index (χ4n) is 3.41. The highest BCUT2D eigenvalue weighted by Gasteiger charge is 2.33. The second-order valence-corrected chi connectivity index (χ2v) is 7.50. The van der Waals surface area contributed by atoms with Gasteiger partial charge in [0.05, 0.1) is 10.6 Å². The fourth-order valence-corrected chi connectivity index (χ4v) is 4.90. The monoisotopic (exact) mass is 376 g/mol. The quantitative estimate of drug-likeness (QED) is 0.732. The number of rotatable bonds is 5. The number of hydrogen-bond acceptors (Lipinski definition) is 2. The van der Waals surface area contributed by atoms with Crippen LogP contribution in [0.5, 0.6) is 0 Å². The Morgan fingerprint density at radius 3 is 2.83 bits per heavy atom. The molecule has 0 aliphatic carbocycles. The van der Waals surface area contributed by atoms with Crippen molar-refractivity contribution in [3.8, 4) is 0 Å². The van der Waals surface area contributed by atoms with Gasteiger partial charge in [-0.3, -0.25) is 0 Å². The number of benzene rings is 1. The summed E-state index contributed by atoms with van der Waals surface area (Å²) in [6.07, 6.45) is -2.55. The Morgan fingerprint density at radius 1 is 1.38 bits per heavy atom. The Kier molecular flexibility index (Phi) is 5.37. The SMILES string of the molecule is CNCC1CCSc2c1c1ccc(C(F)(F)F)cc1n2CCCCl. The zero-order valence-electron chi connectivity index (χ0n) is 13.4. The van der Waals surface area contributed by atoms with Gasteiger partial charge in [0, 0.05) is 41.5 Å². The molecule has 1 aliphatic heterocycles. The second-order valence-electron chi connectivity index (χ2n) is 6.03. The van der Waals surface area contributed by atoms with Crippen molar-refractivity contribution in [1.29, 1.82) is 0 Å². The van der Waals surface area contributed by atoms with E-state index in [2.05, 4.69) is 5.32 Å². The van der Waals surface area contributed by atoms with Gasteiger partial charge in [-0.05, 0) is 37.6 Å². The van der Waals surface area contributed by atoms with Gasteiger partial charge in [0.1, 0.15) is 0 Å². The molecular formula is C17H20ClF3N2S. The molecule has 0 saturated carbocycles. The second kappa shape index (κ2) is 7.18. The van der Waals surface area contributed by atoms with Crippen LogP contribution in [0.15, 0.2) is 23.2 Å². The van der Waals surface area contributed by atoms with Gasteiger partial charge >= 0.3 is 6.18 Å². The molecule has 1 aromatic heterocycles. The Labute approximate surface area is 148 Å². The van der Waals surface area contributed by atoms with E-state index in [0.717, 1.165) is 35.6 Å². The van der Waals surface area contributed by atoms with Crippen LogP contribution >= 0.6 is 23.4 Å². The maximum absolute atomic E-state index is 13.1. The first kappa shape index (κ1) is 18.0. The first-order chi connectivity index (χ1) is 11.5. The highest BCUT2D eigenvalue weighted by atomic mass is 35.5. The molecule has 1 N–H and O–H groups in total. The third kappa shape index (κ3) is 3.28. The first-order valence-corrected chi connectivity index (χ1v) is 9.56. The fraction of sp³-hybridized carbons (Fsp3) is 0.529. The molecule has 3 rings (SSSR count). The number of fused-ring (bicyclic) bond motifs is 3. The van der Waals surface area contributed by atoms with Crippen LogP contribution < -0.4 is 5.32 Å². The summed E-state index contributed by atoms with van der Waals surface area (Å²) >= 11 is 7.57. The van der Waals surface area contributed by atoms with Gasteiger partial charge in [0.25, 0.3) is 0 Å². The van der Waals surface area contributed by atoms with E-state index in [1.165, 1.54) is 17.7 Å². The molecule has 0 spiro atoms. The molecule has 0 fully saturated rings. The van der Waals surface area contributed by atoms with E-state index >= 15 is 0 Å². The van der Waals surface area contributed by atoms with Crippen LogP contribution in [0.3, 0.4) is 0 Å². The van der Waals surface area contributed by atoms with Gasteiger partial charge in [-0.1, -0.05) is 6.07 Å². The normalized spacial score (nSPS) is 18.1. The lowest BCUT2D eigenvalue weighted by Crippen LogP contribution is -2.20. The number of aryl methyl sites for hydroxylation is 1. The molecule has 0 bridgehead atoms. The Morgan fingerprint density at radius 2 is 2.17 bits per heavy atom. The third-order valence-corrected chi connectivity index (χ3v) is 5.88. The van der Waals surface area contributed by atoms with Crippen molar-refractivity contribution in [2.45, 2.75) is 36.5 Å². The molecule has 7 heteroatoms. The molecule has 24 heavy (non-hydrogen) atoms. The summed E-state index contributed by atoms with van der Waals surface area (Å²) in [6.45, 7) is 1.49. The van der Waals surface area contributed by atoms with Crippen LogP contribution in [-0.4, -0.2) is 29.8 Å². The molecule has 1 aliphatic rings. The largest absolute Gasteiger partial charge is 0.416 e. The lowest BCUT2D eigenvalue weighted by Gasteiger charge is -2.23. The topological polar surface area (TPSA) is 17.0 Å². The van der Waals surface area contributed by atoms with Crippen molar-refractivity contribution in [2.75, 3.05) is 25.2 Å². The number of aromatic nitrogens is 1. The van der Waals surface area contributed by atoms with E-state index < -0.39 is 11.7 Å². The first-order valence-electron chi connectivity index (χ1n) is 8.04. The molecular weight excluding hydrogens is 357 g/mol. The summed E-state index contributed by atoms with van der Waals surface area (Å²) in [4.78, 5) is 0.